The van der Waals surface area contributed by atoms with Gasteiger partial charge in [-0.3, -0.25) is 0 Å². The van der Waals surface area contributed by atoms with Gasteiger partial charge in [0.25, 0.3) is 0 Å². The van der Waals surface area contributed by atoms with Crippen molar-refractivity contribution in [3.05, 3.63) is 21.9 Å². The third-order valence-electron chi connectivity index (χ3n) is 2.41. The minimum absolute atomic E-state index is 0. The zero-order chi connectivity index (χ0) is 8.39. The highest BCUT2D eigenvalue weighted by Crippen LogP contribution is 2.28. The van der Waals surface area contributed by atoms with Crippen molar-refractivity contribution in [2.75, 3.05) is 6.54 Å². The van der Waals surface area contributed by atoms with Crippen LogP contribution in [0.25, 0.3) is 0 Å². The minimum Gasteiger partial charge on any atom is -0.309 e. The molecule has 0 aliphatic carbocycles. The number of piperidine rings is 1. The molecule has 0 spiro atoms. The van der Waals surface area contributed by atoms with E-state index in [1.165, 1.54) is 35.6 Å². The second kappa shape index (κ2) is 4.99. The van der Waals surface area contributed by atoms with E-state index >= 15 is 0 Å². The lowest BCUT2D eigenvalue weighted by atomic mass is 10.0. The summed E-state index contributed by atoms with van der Waals surface area (Å²) >= 11 is 1.93. The molecule has 2 rings (SSSR count). The Labute approximate surface area is 90.0 Å². The van der Waals surface area contributed by atoms with Crippen molar-refractivity contribution in [1.82, 2.24) is 5.32 Å². The highest BCUT2D eigenvalue weighted by atomic mass is 35.5. The van der Waals surface area contributed by atoms with Crippen LogP contribution in [0.5, 0.6) is 0 Å². The van der Waals surface area contributed by atoms with E-state index in [4.69, 9.17) is 0 Å². The first kappa shape index (κ1) is 11.0. The van der Waals surface area contributed by atoms with Crippen molar-refractivity contribution < 1.29 is 0 Å². The minimum atomic E-state index is 0. The number of hydrogen-bond acceptors (Lipinski definition) is 2. The molecule has 13 heavy (non-hydrogen) atoms. The van der Waals surface area contributed by atoms with E-state index in [1.807, 2.05) is 11.3 Å². The summed E-state index contributed by atoms with van der Waals surface area (Å²) in [6, 6.07) is 5.14. The predicted molar refractivity (Wildman–Crippen MR) is 60.9 cm³/mol. The van der Waals surface area contributed by atoms with Gasteiger partial charge in [0.05, 0.1) is 0 Å². The van der Waals surface area contributed by atoms with E-state index in [0.717, 1.165) is 0 Å². The molecule has 1 unspecified atom stereocenters. The summed E-state index contributed by atoms with van der Waals surface area (Å²) in [5.41, 5.74) is 0. The van der Waals surface area contributed by atoms with Gasteiger partial charge >= 0.3 is 0 Å². The summed E-state index contributed by atoms with van der Waals surface area (Å²) in [4.78, 5) is 2.95. The number of thiophene rings is 1. The first-order chi connectivity index (χ1) is 5.86. The molecule has 1 fully saturated rings. The van der Waals surface area contributed by atoms with Crippen LogP contribution in [-0.2, 0) is 0 Å². The van der Waals surface area contributed by atoms with E-state index in [2.05, 4.69) is 24.4 Å². The lowest BCUT2D eigenvalue weighted by Crippen LogP contribution is -2.25. The van der Waals surface area contributed by atoms with Crippen molar-refractivity contribution in [3.63, 3.8) is 0 Å². The largest absolute Gasteiger partial charge is 0.309 e. The zero-order valence-corrected chi connectivity index (χ0v) is 9.51. The molecule has 2 heterocycles. The van der Waals surface area contributed by atoms with Gasteiger partial charge < -0.3 is 5.32 Å². The molecule has 1 nitrogen and oxygen atoms in total. The maximum atomic E-state index is 3.56. The first-order valence-electron chi connectivity index (χ1n) is 4.66. The van der Waals surface area contributed by atoms with Gasteiger partial charge in [0.1, 0.15) is 0 Å². The quantitative estimate of drug-likeness (QED) is 0.761. The SMILES string of the molecule is Cc1ccc(C2CCCCN2)s1.Cl. The molecule has 1 saturated heterocycles. The number of aryl methyl sites for hydroxylation is 1. The fraction of sp³-hybridized carbons (Fsp3) is 0.600. The van der Waals surface area contributed by atoms with Gasteiger partial charge in [0.15, 0.2) is 0 Å². The lowest BCUT2D eigenvalue weighted by molar-refractivity contribution is 0.417. The van der Waals surface area contributed by atoms with Crippen molar-refractivity contribution >= 4 is 23.7 Å². The van der Waals surface area contributed by atoms with Crippen LogP contribution < -0.4 is 5.32 Å². The fourth-order valence-corrected chi connectivity index (χ4v) is 2.72. The molecule has 0 amide bonds. The van der Waals surface area contributed by atoms with E-state index in [1.54, 1.807) is 0 Å². The molecule has 1 atom stereocenters. The number of nitrogens with one attached hydrogen (secondary N) is 1. The number of rotatable bonds is 1. The smallest absolute Gasteiger partial charge is 0.0414 e. The Morgan fingerprint density at radius 2 is 2.23 bits per heavy atom. The third-order valence-corrected chi connectivity index (χ3v) is 3.53. The van der Waals surface area contributed by atoms with E-state index < -0.39 is 0 Å². The summed E-state index contributed by atoms with van der Waals surface area (Å²) in [5, 5.41) is 3.56. The second-order valence-electron chi connectivity index (χ2n) is 3.45. The van der Waals surface area contributed by atoms with Crippen LogP contribution >= 0.6 is 23.7 Å². The standard InChI is InChI=1S/C10H15NS.ClH/c1-8-5-6-10(12-8)9-4-2-3-7-11-9;/h5-6,9,11H,2-4,7H2,1H3;1H. The van der Waals surface area contributed by atoms with Gasteiger partial charge in [-0.25, -0.2) is 0 Å². The van der Waals surface area contributed by atoms with Crippen molar-refractivity contribution in [3.8, 4) is 0 Å². The Hall–Kier alpha value is -0.0500. The first-order valence-corrected chi connectivity index (χ1v) is 5.47. The Morgan fingerprint density at radius 3 is 2.77 bits per heavy atom. The third kappa shape index (κ3) is 2.70. The summed E-state index contributed by atoms with van der Waals surface area (Å²) in [6.07, 6.45) is 4.05. The highest BCUT2D eigenvalue weighted by Gasteiger charge is 2.15. The van der Waals surface area contributed by atoms with E-state index in [-0.39, 0.29) is 12.4 Å². The van der Waals surface area contributed by atoms with Gasteiger partial charge in [-0.1, -0.05) is 6.42 Å². The van der Waals surface area contributed by atoms with Crippen molar-refractivity contribution in [1.29, 1.82) is 0 Å². The van der Waals surface area contributed by atoms with Gasteiger partial charge in [0.2, 0.25) is 0 Å². The van der Waals surface area contributed by atoms with Crippen LogP contribution in [0.2, 0.25) is 0 Å². The summed E-state index contributed by atoms with van der Waals surface area (Å²) < 4.78 is 0. The van der Waals surface area contributed by atoms with Crippen molar-refractivity contribution in [2.24, 2.45) is 0 Å². The molecule has 0 bridgehead atoms. The maximum absolute atomic E-state index is 3.56. The maximum Gasteiger partial charge on any atom is 0.0414 e. The second-order valence-corrected chi connectivity index (χ2v) is 4.77. The topological polar surface area (TPSA) is 12.0 Å². The molecule has 0 saturated carbocycles. The lowest BCUT2D eigenvalue weighted by Gasteiger charge is -2.22. The summed E-state index contributed by atoms with van der Waals surface area (Å²) in [5.74, 6) is 0. The van der Waals surface area contributed by atoms with E-state index in [9.17, 15) is 0 Å². The monoisotopic (exact) mass is 217 g/mol. The van der Waals surface area contributed by atoms with Crippen LogP contribution in [0, 0.1) is 6.92 Å². The number of hydrogen-bond donors (Lipinski definition) is 1. The molecular formula is C10H16ClNS. The van der Waals surface area contributed by atoms with Crippen LogP contribution in [-0.4, -0.2) is 6.54 Å². The molecule has 1 aromatic rings. The Kier molecular flexibility index (Phi) is 4.23. The number of halogens is 1. The van der Waals surface area contributed by atoms with E-state index in [0.29, 0.717) is 6.04 Å². The highest BCUT2D eigenvalue weighted by molar-refractivity contribution is 7.12. The van der Waals surface area contributed by atoms with Crippen LogP contribution in [0.15, 0.2) is 12.1 Å². The fourth-order valence-electron chi connectivity index (χ4n) is 1.74. The Morgan fingerprint density at radius 1 is 1.38 bits per heavy atom. The Bertz CT molecular complexity index is 253. The normalized spacial score (nSPS) is 22.4. The molecule has 1 N–H and O–H groups in total. The predicted octanol–water partition coefficient (Wildman–Crippen LogP) is 3.29. The van der Waals surface area contributed by atoms with Crippen LogP contribution in [0.1, 0.15) is 35.1 Å². The molecule has 1 aromatic heterocycles. The molecule has 1 aliphatic heterocycles. The summed E-state index contributed by atoms with van der Waals surface area (Å²) in [6.45, 7) is 3.37. The Balaban J connectivity index is 0.000000845. The molecule has 0 aromatic carbocycles. The van der Waals surface area contributed by atoms with Crippen molar-refractivity contribution in [2.45, 2.75) is 32.2 Å². The molecular weight excluding hydrogens is 202 g/mol. The average molecular weight is 218 g/mol. The van der Waals surface area contributed by atoms with Crippen LogP contribution in [0.4, 0.5) is 0 Å². The summed E-state index contributed by atoms with van der Waals surface area (Å²) in [7, 11) is 0. The van der Waals surface area contributed by atoms with Gasteiger partial charge in [-0.2, -0.15) is 0 Å². The average Bonchev–Trinajstić information content (AvgIpc) is 2.54. The molecule has 1 aliphatic rings. The molecule has 74 valence electrons. The van der Waals surface area contributed by atoms with Gasteiger partial charge in [0, 0.05) is 15.8 Å². The van der Waals surface area contributed by atoms with Crippen LogP contribution in [0.3, 0.4) is 0 Å². The van der Waals surface area contributed by atoms with Gasteiger partial charge in [-0.05, 0) is 38.4 Å². The molecule has 0 radical (unpaired) electrons. The van der Waals surface area contributed by atoms with Gasteiger partial charge in [-0.15, -0.1) is 23.7 Å². The zero-order valence-electron chi connectivity index (χ0n) is 7.88. The molecule has 3 heteroatoms.